The molecular weight excluding hydrogens is 268 g/mol. The Hall–Kier alpha value is -1.40. The lowest BCUT2D eigenvalue weighted by atomic mass is 9.92. The van der Waals surface area contributed by atoms with Crippen LogP contribution in [-0.2, 0) is 10.2 Å². The van der Waals surface area contributed by atoms with Gasteiger partial charge in [0.2, 0.25) is 11.8 Å². The van der Waals surface area contributed by atoms with Crippen LogP contribution in [0.1, 0.15) is 40.3 Å². The number of piperazine rings is 1. The molecular formula is C15H26N4O2. The summed E-state index contributed by atoms with van der Waals surface area (Å²) in [6.45, 7) is 12.6. The van der Waals surface area contributed by atoms with Crippen molar-refractivity contribution in [2.75, 3.05) is 25.0 Å². The fourth-order valence-electron chi connectivity index (χ4n) is 2.37. The third kappa shape index (κ3) is 4.28. The quantitative estimate of drug-likeness (QED) is 0.886. The maximum absolute atomic E-state index is 12.1. The van der Waals surface area contributed by atoms with Crippen LogP contribution in [0.3, 0.4) is 0 Å². The van der Waals surface area contributed by atoms with Gasteiger partial charge in [-0.2, -0.15) is 0 Å². The second kappa shape index (κ2) is 6.15. The molecule has 1 amide bonds. The molecule has 2 heterocycles. The highest BCUT2D eigenvalue weighted by atomic mass is 16.5. The van der Waals surface area contributed by atoms with Crippen molar-refractivity contribution in [2.45, 2.75) is 52.1 Å². The Balaban J connectivity index is 1.91. The van der Waals surface area contributed by atoms with E-state index in [1.807, 2.05) is 0 Å². The maximum Gasteiger partial charge on any atom is 0.240 e. The minimum Gasteiger partial charge on any atom is -0.338 e. The molecule has 0 bridgehead atoms. The van der Waals surface area contributed by atoms with E-state index in [0.29, 0.717) is 24.5 Å². The fourth-order valence-corrected chi connectivity index (χ4v) is 2.37. The third-order valence-electron chi connectivity index (χ3n) is 3.78. The van der Waals surface area contributed by atoms with Gasteiger partial charge in [0.15, 0.2) is 0 Å². The number of carbonyl (C=O) groups excluding carboxylic acids is 1. The van der Waals surface area contributed by atoms with Crippen LogP contribution in [0.15, 0.2) is 10.6 Å². The van der Waals surface area contributed by atoms with Crippen molar-refractivity contribution in [3.05, 3.63) is 11.8 Å². The second-order valence-electron chi connectivity index (χ2n) is 6.96. The number of nitrogens with zero attached hydrogens (tertiary/aromatic N) is 2. The van der Waals surface area contributed by atoms with Crippen LogP contribution in [0.4, 0.5) is 5.88 Å². The number of hydrogen-bond donors (Lipinski definition) is 2. The molecule has 1 aliphatic heterocycles. The van der Waals surface area contributed by atoms with Gasteiger partial charge in [0, 0.05) is 36.7 Å². The van der Waals surface area contributed by atoms with Crippen LogP contribution in [0.2, 0.25) is 0 Å². The van der Waals surface area contributed by atoms with E-state index in [4.69, 9.17) is 4.52 Å². The van der Waals surface area contributed by atoms with Gasteiger partial charge in [-0.1, -0.05) is 25.9 Å². The Bertz CT molecular complexity index is 492. The van der Waals surface area contributed by atoms with E-state index >= 15 is 0 Å². The SMILES string of the molecule is CC1CN(CC(=O)Nc2cc(C(C)(C)C)no2)C(C)CN1. The number of amides is 1. The Morgan fingerprint density at radius 3 is 2.86 bits per heavy atom. The first-order valence-corrected chi connectivity index (χ1v) is 7.50. The summed E-state index contributed by atoms with van der Waals surface area (Å²) in [6, 6.07) is 2.56. The smallest absolute Gasteiger partial charge is 0.240 e. The van der Waals surface area contributed by atoms with Gasteiger partial charge >= 0.3 is 0 Å². The van der Waals surface area contributed by atoms with E-state index in [1.54, 1.807) is 6.07 Å². The van der Waals surface area contributed by atoms with Gasteiger partial charge in [0.25, 0.3) is 0 Å². The molecule has 1 saturated heterocycles. The average molecular weight is 294 g/mol. The van der Waals surface area contributed by atoms with Crippen LogP contribution < -0.4 is 10.6 Å². The summed E-state index contributed by atoms with van der Waals surface area (Å²) in [5, 5.41) is 10.2. The van der Waals surface area contributed by atoms with Crippen LogP contribution in [0.5, 0.6) is 0 Å². The lowest BCUT2D eigenvalue weighted by Crippen LogP contribution is -2.55. The van der Waals surface area contributed by atoms with Crippen molar-refractivity contribution in [3.63, 3.8) is 0 Å². The summed E-state index contributed by atoms with van der Waals surface area (Å²) >= 11 is 0. The van der Waals surface area contributed by atoms with E-state index < -0.39 is 0 Å². The van der Waals surface area contributed by atoms with Crippen LogP contribution in [-0.4, -0.2) is 47.7 Å². The highest BCUT2D eigenvalue weighted by molar-refractivity contribution is 5.91. The molecule has 6 nitrogen and oxygen atoms in total. The average Bonchev–Trinajstić information content (AvgIpc) is 2.82. The van der Waals surface area contributed by atoms with Crippen molar-refractivity contribution in [1.29, 1.82) is 0 Å². The number of anilines is 1. The molecule has 6 heteroatoms. The molecule has 0 aromatic carbocycles. The molecule has 0 spiro atoms. The standard InChI is InChI=1S/C15H26N4O2/c1-10-8-19(11(2)7-16-10)9-13(20)17-14-6-12(18-21-14)15(3,4)5/h6,10-11,16H,7-9H2,1-5H3,(H,17,20). The van der Waals surface area contributed by atoms with Gasteiger partial charge in [-0.25, -0.2) is 0 Å². The van der Waals surface area contributed by atoms with Crippen molar-refractivity contribution in [1.82, 2.24) is 15.4 Å². The Morgan fingerprint density at radius 2 is 2.24 bits per heavy atom. The molecule has 1 aromatic rings. The molecule has 0 radical (unpaired) electrons. The zero-order valence-electron chi connectivity index (χ0n) is 13.6. The predicted octanol–water partition coefficient (Wildman–Crippen LogP) is 1.59. The molecule has 1 aromatic heterocycles. The first kappa shape index (κ1) is 16.0. The zero-order valence-corrected chi connectivity index (χ0v) is 13.6. The number of aromatic nitrogens is 1. The molecule has 0 saturated carbocycles. The van der Waals surface area contributed by atoms with Crippen molar-refractivity contribution in [3.8, 4) is 0 Å². The number of nitrogens with one attached hydrogen (secondary N) is 2. The fraction of sp³-hybridized carbons (Fsp3) is 0.733. The van der Waals surface area contributed by atoms with Crippen LogP contribution in [0, 0.1) is 0 Å². The van der Waals surface area contributed by atoms with Crippen molar-refractivity contribution < 1.29 is 9.32 Å². The predicted molar refractivity (Wildman–Crippen MR) is 82.3 cm³/mol. The summed E-state index contributed by atoms with van der Waals surface area (Å²) in [4.78, 5) is 14.3. The Morgan fingerprint density at radius 1 is 1.52 bits per heavy atom. The maximum atomic E-state index is 12.1. The molecule has 2 rings (SSSR count). The van der Waals surface area contributed by atoms with Crippen molar-refractivity contribution >= 4 is 11.8 Å². The second-order valence-corrected chi connectivity index (χ2v) is 6.96. The molecule has 2 unspecified atom stereocenters. The zero-order chi connectivity index (χ0) is 15.6. The Kier molecular flexibility index (Phi) is 4.68. The molecule has 1 fully saturated rings. The minimum atomic E-state index is -0.0883. The monoisotopic (exact) mass is 294 g/mol. The van der Waals surface area contributed by atoms with Crippen LogP contribution in [0.25, 0.3) is 0 Å². The lowest BCUT2D eigenvalue weighted by molar-refractivity contribution is -0.118. The van der Waals surface area contributed by atoms with Gasteiger partial charge in [-0.15, -0.1) is 0 Å². The minimum absolute atomic E-state index is 0.0624. The van der Waals surface area contributed by atoms with E-state index in [0.717, 1.165) is 18.8 Å². The highest BCUT2D eigenvalue weighted by Gasteiger charge is 2.25. The summed E-state index contributed by atoms with van der Waals surface area (Å²) in [6.07, 6.45) is 0. The van der Waals surface area contributed by atoms with E-state index in [9.17, 15) is 4.79 Å². The number of rotatable bonds is 3. The van der Waals surface area contributed by atoms with E-state index in [1.165, 1.54) is 0 Å². The molecule has 2 atom stereocenters. The third-order valence-corrected chi connectivity index (χ3v) is 3.78. The molecule has 0 aliphatic carbocycles. The van der Waals surface area contributed by atoms with E-state index in [-0.39, 0.29) is 11.3 Å². The lowest BCUT2D eigenvalue weighted by Gasteiger charge is -2.36. The Labute approximate surface area is 126 Å². The highest BCUT2D eigenvalue weighted by Crippen LogP contribution is 2.23. The van der Waals surface area contributed by atoms with Gasteiger partial charge in [-0.3, -0.25) is 15.0 Å². The largest absolute Gasteiger partial charge is 0.338 e. The summed E-state index contributed by atoms with van der Waals surface area (Å²) in [5.41, 5.74) is 0.747. The molecule has 118 valence electrons. The first-order valence-electron chi connectivity index (χ1n) is 7.50. The summed E-state index contributed by atoms with van der Waals surface area (Å²) in [5.74, 6) is 0.355. The van der Waals surface area contributed by atoms with Gasteiger partial charge in [0.05, 0.1) is 12.2 Å². The van der Waals surface area contributed by atoms with Gasteiger partial charge in [-0.05, 0) is 13.8 Å². The van der Waals surface area contributed by atoms with E-state index in [2.05, 4.69) is 55.3 Å². The molecule has 2 N–H and O–H groups in total. The van der Waals surface area contributed by atoms with Gasteiger partial charge < -0.3 is 9.84 Å². The summed E-state index contributed by atoms with van der Waals surface area (Å²) in [7, 11) is 0. The normalized spacial score (nSPS) is 24.0. The van der Waals surface area contributed by atoms with Gasteiger partial charge in [0.1, 0.15) is 0 Å². The van der Waals surface area contributed by atoms with Crippen molar-refractivity contribution in [2.24, 2.45) is 0 Å². The topological polar surface area (TPSA) is 70.4 Å². The number of hydrogen-bond acceptors (Lipinski definition) is 5. The molecule has 21 heavy (non-hydrogen) atoms. The summed E-state index contributed by atoms with van der Waals surface area (Å²) < 4.78 is 5.19. The number of carbonyl (C=O) groups is 1. The van der Waals surface area contributed by atoms with Crippen LogP contribution >= 0.6 is 0 Å². The first-order chi connectivity index (χ1) is 9.75. The molecule has 1 aliphatic rings.